The highest BCUT2D eigenvalue weighted by atomic mass is 16.1. The fourth-order valence-electron chi connectivity index (χ4n) is 5.03. The molecular formula is C24H22N4O. The first-order chi connectivity index (χ1) is 14.2. The number of hydrogen-bond acceptors (Lipinski definition) is 3. The second kappa shape index (κ2) is 6.14. The van der Waals surface area contributed by atoms with Crippen LogP contribution >= 0.6 is 0 Å². The molecule has 1 fully saturated rings. The molecule has 0 saturated heterocycles. The van der Waals surface area contributed by atoms with Gasteiger partial charge in [0.05, 0.1) is 16.6 Å². The van der Waals surface area contributed by atoms with Crippen molar-refractivity contribution in [2.75, 3.05) is 0 Å². The van der Waals surface area contributed by atoms with E-state index in [0.29, 0.717) is 16.7 Å². The summed E-state index contributed by atoms with van der Waals surface area (Å²) in [5, 5.41) is 1.32. The molecule has 0 spiro atoms. The molecule has 0 amide bonds. The Morgan fingerprint density at radius 1 is 0.862 bits per heavy atom. The molecule has 144 valence electrons. The number of pyridine rings is 1. The molecule has 0 unspecified atom stereocenters. The predicted molar refractivity (Wildman–Crippen MR) is 117 cm³/mol. The Hall–Kier alpha value is -3.21. The van der Waals surface area contributed by atoms with Gasteiger partial charge in [-0.25, -0.2) is 9.97 Å². The number of nitrogens with zero attached hydrogens (tertiary/aromatic N) is 4. The van der Waals surface area contributed by atoms with Crippen LogP contribution in [0.3, 0.4) is 0 Å². The van der Waals surface area contributed by atoms with Gasteiger partial charge >= 0.3 is 0 Å². The van der Waals surface area contributed by atoms with Crippen molar-refractivity contribution in [2.45, 2.75) is 38.0 Å². The molecule has 29 heavy (non-hydrogen) atoms. The van der Waals surface area contributed by atoms with Crippen LogP contribution in [0.25, 0.3) is 38.6 Å². The fourth-order valence-corrected chi connectivity index (χ4v) is 5.03. The van der Waals surface area contributed by atoms with E-state index in [4.69, 9.17) is 9.97 Å². The van der Waals surface area contributed by atoms with Gasteiger partial charge in [-0.3, -0.25) is 9.20 Å². The molecule has 5 heteroatoms. The Balaban J connectivity index is 1.86. The van der Waals surface area contributed by atoms with Crippen LogP contribution in [0.15, 0.2) is 53.3 Å². The molecule has 3 heterocycles. The van der Waals surface area contributed by atoms with Crippen molar-refractivity contribution in [3.63, 3.8) is 0 Å². The summed E-state index contributed by atoms with van der Waals surface area (Å²) in [6.07, 6.45) is 6.04. The smallest absolute Gasteiger partial charge is 0.202 e. The minimum atomic E-state index is 0.0108. The van der Waals surface area contributed by atoms with Gasteiger partial charge in [-0.15, -0.1) is 0 Å². The third-order valence-corrected chi connectivity index (χ3v) is 6.48. The molecule has 1 aliphatic carbocycles. The van der Waals surface area contributed by atoms with Crippen molar-refractivity contribution in [1.29, 1.82) is 0 Å². The molecule has 3 aromatic heterocycles. The Morgan fingerprint density at radius 3 is 2.41 bits per heavy atom. The first kappa shape index (κ1) is 16.7. The molecule has 5 nitrogen and oxygen atoms in total. The van der Waals surface area contributed by atoms with Crippen LogP contribution in [0.4, 0.5) is 0 Å². The van der Waals surface area contributed by atoms with Crippen molar-refractivity contribution >= 4 is 38.6 Å². The average Bonchev–Trinajstić information content (AvgIpc) is 3.16. The van der Waals surface area contributed by atoms with Crippen molar-refractivity contribution in [1.82, 2.24) is 18.9 Å². The van der Waals surface area contributed by atoms with E-state index in [-0.39, 0.29) is 5.43 Å². The van der Waals surface area contributed by atoms with E-state index < -0.39 is 0 Å². The van der Waals surface area contributed by atoms with Crippen LogP contribution in [-0.2, 0) is 7.05 Å². The molecule has 0 atom stereocenters. The van der Waals surface area contributed by atoms with Gasteiger partial charge in [-0.05, 0) is 37.1 Å². The van der Waals surface area contributed by atoms with Gasteiger partial charge in [-0.1, -0.05) is 43.5 Å². The maximum atomic E-state index is 13.5. The number of imidazole rings is 1. The lowest BCUT2D eigenvalue weighted by Gasteiger charge is -2.23. The Bertz CT molecular complexity index is 1470. The third-order valence-electron chi connectivity index (χ3n) is 6.48. The minimum absolute atomic E-state index is 0.0108. The molecular weight excluding hydrogens is 360 g/mol. The van der Waals surface area contributed by atoms with Crippen molar-refractivity contribution in [3.05, 3.63) is 64.6 Å². The number of benzene rings is 2. The summed E-state index contributed by atoms with van der Waals surface area (Å²) in [4.78, 5) is 23.6. The lowest BCUT2D eigenvalue weighted by molar-refractivity contribution is 0.427. The summed E-state index contributed by atoms with van der Waals surface area (Å²) in [6, 6.07) is 15.9. The standard InChI is InChI=1S/C24H22N4O/c1-27-18-13-7-5-11-16(18)21(29)20-23(27)26-22(15-9-3-2-4-10-15)28-19-14-8-6-12-17(19)25-24(20)28/h5-8,11-15H,2-4,9-10H2,1H3. The molecule has 2 aromatic carbocycles. The molecule has 1 saturated carbocycles. The topological polar surface area (TPSA) is 52.2 Å². The fraction of sp³-hybridized carbons (Fsp3) is 0.292. The highest BCUT2D eigenvalue weighted by Gasteiger charge is 2.25. The summed E-state index contributed by atoms with van der Waals surface area (Å²) in [7, 11) is 2.00. The summed E-state index contributed by atoms with van der Waals surface area (Å²) in [5.41, 5.74) is 4.34. The summed E-state index contributed by atoms with van der Waals surface area (Å²) in [5.74, 6) is 1.45. The largest absolute Gasteiger partial charge is 0.328 e. The quantitative estimate of drug-likeness (QED) is 0.386. The molecule has 1 aliphatic rings. The molecule has 0 bridgehead atoms. The highest BCUT2D eigenvalue weighted by molar-refractivity contribution is 6.01. The summed E-state index contributed by atoms with van der Waals surface area (Å²) in [6.45, 7) is 0. The zero-order chi connectivity index (χ0) is 19.5. The minimum Gasteiger partial charge on any atom is -0.328 e. The van der Waals surface area contributed by atoms with Gasteiger partial charge in [-0.2, -0.15) is 0 Å². The Labute approximate surface area is 167 Å². The predicted octanol–water partition coefficient (Wildman–Crippen LogP) is 4.94. The van der Waals surface area contributed by atoms with Crippen LogP contribution in [0.1, 0.15) is 43.8 Å². The van der Waals surface area contributed by atoms with Gasteiger partial charge in [0, 0.05) is 18.4 Å². The van der Waals surface area contributed by atoms with E-state index >= 15 is 0 Å². The number of fused-ring (bicyclic) bond motifs is 6. The Morgan fingerprint density at radius 2 is 1.59 bits per heavy atom. The van der Waals surface area contributed by atoms with Crippen LogP contribution in [-0.4, -0.2) is 18.9 Å². The van der Waals surface area contributed by atoms with E-state index in [1.807, 2.05) is 49.5 Å². The molecule has 6 rings (SSSR count). The average molecular weight is 382 g/mol. The molecule has 5 aromatic rings. The van der Waals surface area contributed by atoms with E-state index in [0.717, 1.165) is 46.5 Å². The van der Waals surface area contributed by atoms with Crippen molar-refractivity contribution in [3.8, 4) is 0 Å². The monoisotopic (exact) mass is 382 g/mol. The van der Waals surface area contributed by atoms with Gasteiger partial charge < -0.3 is 4.57 Å². The van der Waals surface area contributed by atoms with Crippen LogP contribution in [0.5, 0.6) is 0 Å². The highest BCUT2D eigenvalue weighted by Crippen LogP contribution is 2.35. The number of rotatable bonds is 1. The number of aromatic nitrogens is 4. The third kappa shape index (κ3) is 2.30. The van der Waals surface area contributed by atoms with Crippen molar-refractivity contribution < 1.29 is 0 Å². The normalized spacial score (nSPS) is 15.8. The summed E-state index contributed by atoms with van der Waals surface area (Å²) >= 11 is 0. The zero-order valence-corrected chi connectivity index (χ0v) is 16.4. The first-order valence-corrected chi connectivity index (χ1v) is 10.4. The second-order valence-electron chi connectivity index (χ2n) is 8.17. The van der Waals surface area contributed by atoms with Crippen LogP contribution < -0.4 is 5.43 Å². The van der Waals surface area contributed by atoms with Gasteiger partial charge in [0.15, 0.2) is 5.65 Å². The molecule has 0 N–H and O–H groups in total. The van der Waals surface area contributed by atoms with Gasteiger partial charge in [0.25, 0.3) is 0 Å². The first-order valence-electron chi connectivity index (χ1n) is 10.4. The zero-order valence-electron chi connectivity index (χ0n) is 16.4. The molecule has 0 radical (unpaired) electrons. The lowest BCUT2D eigenvalue weighted by Crippen LogP contribution is -2.17. The Kier molecular flexibility index (Phi) is 3.54. The number of aryl methyl sites for hydroxylation is 1. The second-order valence-corrected chi connectivity index (χ2v) is 8.17. The van der Waals surface area contributed by atoms with Gasteiger partial charge in [0.2, 0.25) is 5.43 Å². The van der Waals surface area contributed by atoms with Crippen LogP contribution in [0.2, 0.25) is 0 Å². The summed E-state index contributed by atoms with van der Waals surface area (Å²) < 4.78 is 4.21. The number of hydrogen-bond donors (Lipinski definition) is 0. The van der Waals surface area contributed by atoms with E-state index in [9.17, 15) is 4.79 Å². The lowest BCUT2D eigenvalue weighted by atomic mass is 9.88. The SMILES string of the molecule is Cn1c2ccccc2c(=O)c2c1nc(C1CCCCC1)n1c3ccccc3nc21. The van der Waals surface area contributed by atoms with Gasteiger partial charge in [0.1, 0.15) is 16.9 Å². The maximum Gasteiger partial charge on any atom is 0.202 e. The van der Waals surface area contributed by atoms with E-state index in [1.165, 1.54) is 19.3 Å². The van der Waals surface area contributed by atoms with E-state index in [2.05, 4.69) is 15.0 Å². The maximum absolute atomic E-state index is 13.5. The number of para-hydroxylation sites is 3. The van der Waals surface area contributed by atoms with Crippen molar-refractivity contribution in [2.24, 2.45) is 7.05 Å². The molecule has 0 aliphatic heterocycles. The van der Waals surface area contributed by atoms with Crippen LogP contribution in [0, 0.1) is 0 Å². The van der Waals surface area contributed by atoms with E-state index in [1.54, 1.807) is 0 Å².